The molecule has 2 aromatic heterocycles. The zero-order valence-electron chi connectivity index (χ0n) is 10.3. The minimum atomic E-state index is 0.123. The summed E-state index contributed by atoms with van der Waals surface area (Å²) in [5, 5.41) is 1.04. The third-order valence-electron chi connectivity index (χ3n) is 3.01. The molecular weight excluding hydrogens is 402 g/mol. The number of halogens is 2. The van der Waals surface area contributed by atoms with Crippen molar-refractivity contribution < 1.29 is 4.79 Å². The van der Waals surface area contributed by atoms with Crippen LogP contribution in [0, 0.1) is 0 Å². The Morgan fingerprint density at radius 3 is 2.75 bits per heavy atom. The molecule has 5 heteroatoms. The Morgan fingerprint density at radius 1 is 1.20 bits per heavy atom. The van der Waals surface area contributed by atoms with Gasteiger partial charge in [0.05, 0.1) is 14.2 Å². The molecule has 0 unspecified atom stereocenters. The number of carbonyl (C=O) groups is 1. The molecule has 0 saturated heterocycles. The number of rotatable bonds is 3. The van der Waals surface area contributed by atoms with Crippen LogP contribution in [0.5, 0.6) is 0 Å². The van der Waals surface area contributed by atoms with E-state index in [2.05, 4.69) is 36.8 Å². The van der Waals surface area contributed by atoms with Gasteiger partial charge in [-0.1, -0.05) is 18.2 Å². The summed E-state index contributed by atoms with van der Waals surface area (Å²) in [6.45, 7) is 0. The predicted molar refractivity (Wildman–Crippen MR) is 89.5 cm³/mol. The second-order valence-corrected chi connectivity index (χ2v) is 7.54. The lowest BCUT2D eigenvalue weighted by atomic mass is 10.0. The third-order valence-corrected chi connectivity index (χ3v) is 6.31. The monoisotopic (exact) mass is 409 g/mol. The van der Waals surface area contributed by atoms with Gasteiger partial charge in [-0.25, -0.2) is 0 Å². The molecule has 0 bridgehead atoms. The number of carbonyl (C=O) groups excluding carboxylic acids is 1. The minimum absolute atomic E-state index is 0.123. The van der Waals surface area contributed by atoms with Crippen LogP contribution in [0.15, 0.2) is 50.9 Å². The molecule has 1 aromatic carbocycles. The number of Topliss-reactive ketones (excluding diaryl/α,β-unsaturated/α-hetero) is 1. The Morgan fingerprint density at radius 2 is 2.00 bits per heavy atom. The molecular formula is C15H9Br2NOS. The maximum atomic E-state index is 12.4. The average molecular weight is 411 g/mol. The van der Waals surface area contributed by atoms with Gasteiger partial charge in [0.2, 0.25) is 0 Å². The normalized spacial score (nSPS) is 10.9. The van der Waals surface area contributed by atoms with Crippen LogP contribution in [0.3, 0.4) is 0 Å². The Balaban J connectivity index is 1.95. The number of benzene rings is 1. The van der Waals surface area contributed by atoms with Crippen molar-refractivity contribution in [2.75, 3.05) is 0 Å². The highest BCUT2D eigenvalue weighted by atomic mass is 79.9. The molecule has 3 rings (SSSR count). The third kappa shape index (κ3) is 2.71. The molecule has 0 saturated carbocycles. The second kappa shape index (κ2) is 5.76. The van der Waals surface area contributed by atoms with Crippen LogP contribution >= 0.6 is 43.2 Å². The van der Waals surface area contributed by atoms with Crippen LogP contribution in [-0.2, 0) is 6.42 Å². The number of para-hydroxylation sites is 1. The summed E-state index contributed by atoms with van der Waals surface area (Å²) in [5.41, 5.74) is 1.94. The summed E-state index contributed by atoms with van der Waals surface area (Å²) in [7, 11) is 0. The number of aromatic nitrogens is 1. The molecule has 0 fully saturated rings. The SMILES string of the molecule is O=C(Cc1ccnc2ccccc12)c1cc(Br)c(Br)s1. The Labute approximate surface area is 137 Å². The van der Waals surface area contributed by atoms with Gasteiger partial charge in [0.1, 0.15) is 0 Å². The fraction of sp³-hybridized carbons (Fsp3) is 0.0667. The zero-order valence-corrected chi connectivity index (χ0v) is 14.3. The van der Waals surface area contributed by atoms with E-state index in [-0.39, 0.29) is 5.78 Å². The molecule has 0 aliphatic rings. The van der Waals surface area contributed by atoms with E-state index in [0.717, 1.165) is 29.6 Å². The van der Waals surface area contributed by atoms with E-state index in [0.29, 0.717) is 6.42 Å². The van der Waals surface area contributed by atoms with E-state index >= 15 is 0 Å². The lowest BCUT2D eigenvalue weighted by molar-refractivity contribution is 0.0997. The molecule has 0 radical (unpaired) electrons. The van der Waals surface area contributed by atoms with Crippen molar-refractivity contribution in [1.29, 1.82) is 0 Å². The Kier molecular flexibility index (Phi) is 4.01. The second-order valence-electron chi connectivity index (χ2n) is 4.32. The van der Waals surface area contributed by atoms with Crippen molar-refractivity contribution in [2.24, 2.45) is 0 Å². The van der Waals surface area contributed by atoms with Crippen LogP contribution < -0.4 is 0 Å². The van der Waals surface area contributed by atoms with Gasteiger partial charge in [-0.05, 0) is 55.6 Å². The topological polar surface area (TPSA) is 30.0 Å². The molecule has 0 atom stereocenters. The molecule has 2 heterocycles. The van der Waals surface area contributed by atoms with E-state index in [1.165, 1.54) is 11.3 Å². The number of nitrogens with zero attached hydrogens (tertiary/aromatic N) is 1. The molecule has 0 spiro atoms. The van der Waals surface area contributed by atoms with E-state index in [4.69, 9.17) is 0 Å². The van der Waals surface area contributed by atoms with Gasteiger partial charge in [0.25, 0.3) is 0 Å². The molecule has 100 valence electrons. The van der Waals surface area contributed by atoms with Crippen LogP contribution in [0.4, 0.5) is 0 Å². The highest BCUT2D eigenvalue weighted by molar-refractivity contribution is 9.13. The first kappa shape index (κ1) is 13.9. The summed E-state index contributed by atoms with van der Waals surface area (Å²) < 4.78 is 1.87. The molecule has 20 heavy (non-hydrogen) atoms. The smallest absolute Gasteiger partial charge is 0.177 e. The highest BCUT2D eigenvalue weighted by Gasteiger charge is 2.14. The van der Waals surface area contributed by atoms with Crippen LogP contribution in [0.25, 0.3) is 10.9 Å². The van der Waals surface area contributed by atoms with Gasteiger partial charge in [-0.2, -0.15) is 0 Å². The highest BCUT2D eigenvalue weighted by Crippen LogP contribution is 2.33. The fourth-order valence-electron chi connectivity index (χ4n) is 2.05. The van der Waals surface area contributed by atoms with Gasteiger partial charge in [-0.3, -0.25) is 9.78 Å². The van der Waals surface area contributed by atoms with Gasteiger partial charge in [0, 0.05) is 22.5 Å². The first-order valence-corrected chi connectivity index (χ1v) is 8.36. The lowest BCUT2D eigenvalue weighted by Crippen LogP contribution is -2.02. The van der Waals surface area contributed by atoms with Crippen LogP contribution in [-0.4, -0.2) is 10.8 Å². The summed E-state index contributed by atoms with van der Waals surface area (Å²) in [6.07, 6.45) is 2.15. The van der Waals surface area contributed by atoms with Crippen LogP contribution in [0.1, 0.15) is 15.2 Å². The largest absolute Gasteiger partial charge is 0.293 e. The summed E-state index contributed by atoms with van der Waals surface area (Å²) in [5.74, 6) is 0.123. The van der Waals surface area contributed by atoms with E-state index < -0.39 is 0 Å². The van der Waals surface area contributed by atoms with E-state index in [1.807, 2.05) is 36.4 Å². The predicted octanol–water partition coefficient (Wildman–Crippen LogP) is 5.25. The van der Waals surface area contributed by atoms with Gasteiger partial charge < -0.3 is 0 Å². The molecule has 0 amide bonds. The number of ketones is 1. The Hall–Kier alpha value is -1.04. The van der Waals surface area contributed by atoms with Crippen molar-refractivity contribution in [2.45, 2.75) is 6.42 Å². The standard InChI is InChI=1S/C15H9Br2NOS/c16-11-8-14(20-15(11)17)13(19)7-9-5-6-18-12-4-2-1-3-10(9)12/h1-6,8H,7H2. The lowest BCUT2D eigenvalue weighted by Gasteiger charge is -2.04. The van der Waals surface area contributed by atoms with Crippen molar-refractivity contribution in [3.8, 4) is 0 Å². The summed E-state index contributed by atoms with van der Waals surface area (Å²) in [4.78, 5) is 17.4. The van der Waals surface area contributed by atoms with E-state index in [1.54, 1.807) is 6.20 Å². The summed E-state index contributed by atoms with van der Waals surface area (Å²) >= 11 is 8.28. The number of hydrogen-bond acceptors (Lipinski definition) is 3. The average Bonchev–Trinajstić information content (AvgIpc) is 2.79. The fourth-order valence-corrected chi connectivity index (χ4v) is 4.03. The molecule has 0 N–H and O–H groups in total. The molecule has 2 nitrogen and oxygen atoms in total. The first-order chi connectivity index (χ1) is 9.65. The maximum absolute atomic E-state index is 12.4. The van der Waals surface area contributed by atoms with Crippen molar-refractivity contribution in [1.82, 2.24) is 4.98 Å². The van der Waals surface area contributed by atoms with Gasteiger partial charge in [-0.15, -0.1) is 11.3 Å². The molecule has 0 aliphatic heterocycles. The first-order valence-electron chi connectivity index (χ1n) is 5.96. The number of thiophene rings is 1. The zero-order chi connectivity index (χ0) is 14.1. The quantitative estimate of drug-likeness (QED) is 0.552. The molecule has 3 aromatic rings. The van der Waals surface area contributed by atoms with Crippen molar-refractivity contribution in [3.05, 3.63) is 61.3 Å². The number of pyridine rings is 1. The van der Waals surface area contributed by atoms with Gasteiger partial charge in [0.15, 0.2) is 5.78 Å². The van der Waals surface area contributed by atoms with Crippen LogP contribution in [0.2, 0.25) is 0 Å². The molecule has 0 aliphatic carbocycles. The van der Waals surface area contributed by atoms with Gasteiger partial charge >= 0.3 is 0 Å². The Bertz CT molecular complexity index is 773. The van der Waals surface area contributed by atoms with Crippen molar-refractivity contribution >= 4 is 59.9 Å². The maximum Gasteiger partial charge on any atom is 0.177 e. The van der Waals surface area contributed by atoms with Crippen molar-refractivity contribution in [3.63, 3.8) is 0 Å². The van der Waals surface area contributed by atoms with E-state index in [9.17, 15) is 4.79 Å². The summed E-state index contributed by atoms with van der Waals surface area (Å²) in [6, 6.07) is 11.7. The number of hydrogen-bond donors (Lipinski definition) is 0. The minimum Gasteiger partial charge on any atom is -0.293 e. The number of fused-ring (bicyclic) bond motifs is 1.